The van der Waals surface area contributed by atoms with Crippen LogP contribution in [-0.4, -0.2) is 5.16 Å². The number of nitrogens with zero attached hydrogens (tertiary/aromatic N) is 1. The molecule has 2 N–H and O–H groups in total. The van der Waals surface area contributed by atoms with Crippen molar-refractivity contribution in [2.24, 2.45) is 0 Å². The number of hydrogen-bond donors (Lipinski definition) is 1. The first-order valence-corrected chi connectivity index (χ1v) is 5.64. The number of hydrogen-bond acceptors (Lipinski definition) is 3. The van der Waals surface area contributed by atoms with E-state index in [-0.39, 0.29) is 5.82 Å². The van der Waals surface area contributed by atoms with Gasteiger partial charge in [0.05, 0.1) is 0 Å². The summed E-state index contributed by atoms with van der Waals surface area (Å²) >= 11 is 0. The lowest BCUT2D eigenvalue weighted by atomic mass is 10.0. The minimum absolute atomic E-state index is 0.254. The van der Waals surface area contributed by atoms with E-state index < -0.39 is 0 Å². The topological polar surface area (TPSA) is 52.0 Å². The summed E-state index contributed by atoms with van der Waals surface area (Å²) in [6, 6.07) is 4.59. The standard InChI is InChI=1S/C13H15FN2O/c1-3-4-11-12(17-16-13(11)15)10-6-5-9(14)7-8(10)2/h5-7H,3-4H2,1-2H3,(H2,15,16). The molecule has 0 unspecified atom stereocenters. The average Bonchev–Trinajstić information content (AvgIpc) is 2.62. The molecule has 0 amide bonds. The minimum atomic E-state index is -0.254. The molecule has 0 bridgehead atoms. The first kappa shape index (κ1) is 11.6. The van der Waals surface area contributed by atoms with Gasteiger partial charge in [-0.05, 0) is 37.1 Å². The first-order chi connectivity index (χ1) is 8.13. The highest BCUT2D eigenvalue weighted by Gasteiger charge is 2.16. The second-order valence-corrected chi connectivity index (χ2v) is 4.08. The summed E-state index contributed by atoms with van der Waals surface area (Å²) in [5, 5.41) is 3.78. The predicted octanol–water partition coefficient (Wildman–Crippen LogP) is 3.32. The Kier molecular flexibility index (Phi) is 3.13. The number of nitrogens with two attached hydrogens (primary N) is 1. The zero-order valence-electron chi connectivity index (χ0n) is 9.96. The van der Waals surface area contributed by atoms with E-state index in [1.807, 2.05) is 6.92 Å². The van der Waals surface area contributed by atoms with Gasteiger partial charge in [-0.25, -0.2) is 4.39 Å². The van der Waals surface area contributed by atoms with Crippen molar-refractivity contribution in [3.8, 4) is 11.3 Å². The minimum Gasteiger partial charge on any atom is -0.381 e. The van der Waals surface area contributed by atoms with Gasteiger partial charge in [-0.3, -0.25) is 0 Å². The van der Waals surface area contributed by atoms with Gasteiger partial charge >= 0.3 is 0 Å². The van der Waals surface area contributed by atoms with Crippen molar-refractivity contribution in [1.29, 1.82) is 0 Å². The largest absolute Gasteiger partial charge is 0.381 e. The molecule has 0 fully saturated rings. The van der Waals surface area contributed by atoms with Gasteiger partial charge in [-0.2, -0.15) is 0 Å². The number of benzene rings is 1. The molecule has 2 aromatic rings. The van der Waals surface area contributed by atoms with E-state index in [0.29, 0.717) is 11.6 Å². The predicted molar refractivity (Wildman–Crippen MR) is 65.0 cm³/mol. The Morgan fingerprint density at radius 2 is 2.18 bits per heavy atom. The molecule has 2 rings (SSSR count). The highest BCUT2D eigenvalue weighted by molar-refractivity contribution is 5.68. The zero-order valence-corrected chi connectivity index (χ0v) is 9.96. The van der Waals surface area contributed by atoms with Gasteiger partial charge in [0.1, 0.15) is 5.82 Å². The molecule has 0 aliphatic carbocycles. The summed E-state index contributed by atoms with van der Waals surface area (Å²) in [6.45, 7) is 3.90. The molecule has 0 radical (unpaired) electrons. The lowest BCUT2D eigenvalue weighted by Crippen LogP contribution is -1.93. The maximum Gasteiger partial charge on any atom is 0.172 e. The monoisotopic (exact) mass is 234 g/mol. The molecule has 0 saturated carbocycles. The smallest absolute Gasteiger partial charge is 0.172 e. The molecule has 1 aromatic carbocycles. The van der Waals surface area contributed by atoms with E-state index in [1.54, 1.807) is 6.07 Å². The third kappa shape index (κ3) is 2.16. The van der Waals surface area contributed by atoms with Crippen molar-refractivity contribution in [2.75, 3.05) is 5.73 Å². The van der Waals surface area contributed by atoms with Crippen molar-refractivity contribution < 1.29 is 8.91 Å². The zero-order chi connectivity index (χ0) is 12.4. The molecule has 0 atom stereocenters. The number of aryl methyl sites for hydroxylation is 1. The van der Waals surface area contributed by atoms with Crippen molar-refractivity contribution in [3.63, 3.8) is 0 Å². The Hall–Kier alpha value is -1.84. The van der Waals surface area contributed by atoms with Crippen LogP contribution in [0.2, 0.25) is 0 Å². The molecule has 1 heterocycles. The Morgan fingerprint density at radius 3 is 2.82 bits per heavy atom. The van der Waals surface area contributed by atoms with Gasteiger partial charge in [-0.1, -0.05) is 18.5 Å². The van der Waals surface area contributed by atoms with E-state index in [1.165, 1.54) is 12.1 Å². The van der Waals surface area contributed by atoms with Crippen molar-refractivity contribution in [1.82, 2.24) is 5.16 Å². The number of halogens is 1. The van der Waals surface area contributed by atoms with Gasteiger partial charge in [0.15, 0.2) is 11.6 Å². The summed E-state index contributed by atoms with van der Waals surface area (Å²) < 4.78 is 18.3. The van der Waals surface area contributed by atoms with Gasteiger partial charge in [0.25, 0.3) is 0 Å². The van der Waals surface area contributed by atoms with Gasteiger partial charge in [-0.15, -0.1) is 0 Å². The maximum atomic E-state index is 13.0. The van der Waals surface area contributed by atoms with Gasteiger partial charge < -0.3 is 10.3 Å². The van der Waals surface area contributed by atoms with Crippen LogP contribution >= 0.6 is 0 Å². The summed E-state index contributed by atoms with van der Waals surface area (Å²) in [4.78, 5) is 0. The summed E-state index contributed by atoms with van der Waals surface area (Å²) in [5.74, 6) is 0.822. The normalized spacial score (nSPS) is 10.8. The van der Waals surface area contributed by atoms with E-state index in [9.17, 15) is 4.39 Å². The Morgan fingerprint density at radius 1 is 1.41 bits per heavy atom. The Bertz CT molecular complexity index is 534. The highest BCUT2D eigenvalue weighted by atomic mass is 19.1. The second-order valence-electron chi connectivity index (χ2n) is 4.08. The molecular weight excluding hydrogens is 219 g/mol. The summed E-state index contributed by atoms with van der Waals surface area (Å²) in [6.07, 6.45) is 1.76. The van der Waals surface area contributed by atoms with Crippen LogP contribution in [0.4, 0.5) is 10.2 Å². The quantitative estimate of drug-likeness (QED) is 0.886. The van der Waals surface area contributed by atoms with Gasteiger partial charge in [0.2, 0.25) is 0 Å². The van der Waals surface area contributed by atoms with Gasteiger partial charge in [0, 0.05) is 11.1 Å². The molecular formula is C13H15FN2O. The Balaban J connectivity index is 2.52. The number of nitrogen functional groups attached to an aromatic ring is 1. The van der Waals surface area contributed by atoms with E-state index >= 15 is 0 Å². The van der Waals surface area contributed by atoms with Crippen LogP contribution in [0.25, 0.3) is 11.3 Å². The number of anilines is 1. The SMILES string of the molecule is CCCc1c(N)noc1-c1ccc(F)cc1C. The van der Waals surface area contributed by atoms with Crippen LogP contribution in [0, 0.1) is 12.7 Å². The molecule has 90 valence electrons. The lowest BCUT2D eigenvalue weighted by Gasteiger charge is -2.04. The molecule has 17 heavy (non-hydrogen) atoms. The number of aromatic nitrogens is 1. The van der Waals surface area contributed by atoms with Crippen LogP contribution in [0.15, 0.2) is 22.7 Å². The molecule has 0 spiro atoms. The van der Waals surface area contributed by atoms with Crippen molar-refractivity contribution >= 4 is 5.82 Å². The van der Waals surface area contributed by atoms with E-state index in [2.05, 4.69) is 12.1 Å². The second kappa shape index (κ2) is 4.57. The van der Waals surface area contributed by atoms with E-state index in [0.717, 1.165) is 29.5 Å². The van der Waals surface area contributed by atoms with Crippen LogP contribution in [-0.2, 0) is 6.42 Å². The van der Waals surface area contributed by atoms with Crippen LogP contribution in [0.3, 0.4) is 0 Å². The fourth-order valence-corrected chi connectivity index (χ4v) is 1.91. The van der Waals surface area contributed by atoms with E-state index in [4.69, 9.17) is 10.3 Å². The van der Waals surface area contributed by atoms with Crippen LogP contribution < -0.4 is 5.73 Å². The average molecular weight is 234 g/mol. The molecule has 1 aromatic heterocycles. The molecule has 4 heteroatoms. The molecule has 0 aliphatic rings. The first-order valence-electron chi connectivity index (χ1n) is 5.64. The maximum absolute atomic E-state index is 13.0. The van der Waals surface area contributed by atoms with Crippen molar-refractivity contribution in [3.05, 3.63) is 35.1 Å². The molecule has 0 aliphatic heterocycles. The fraction of sp³-hybridized carbons (Fsp3) is 0.308. The number of rotatable bonds is 3. The lowest BCUT2D eigenvalue weighted by molar-refractivity contribution is 0.434. The fourth-order valence-electron chi connectivity index (χ4n) is 1.91. The van der Waals surface area contributed by atoms with Crippen LogP contribution in [0.1, 0.15) is 24.5 Å². The van der Waals surface area contributed by atoms with Crippen molar-refractivity contribution in [2.45, 2.75) is 26.7 Å². The molecule has 0 saturated heterocycles. The summed E-state index contributed by atoms with van der Waals surface area (Å²) in [5.41, 5.74) is 8.34. The third-order valence-electron chi connectivity index (χ3n) is 2.75. The molecule has 3 nitrogen and oxygen atoms in total. The van der Waals surface area contributed by atoms with Crippen LogP contribution in [0.5, 0.6) is 0 Å². The Labute approximate surface area is 99.4 Å². The highest BCUT2D eigenvalue weighted by Crippen LogP contribution is 2.31. The summed E-state index contributed by atoms with van der Waals surface area (Å²) in [7, 11) is 0. The third-order valence-corrected chi connectivity index (χ3v) is 2.75.